The Hall–Kier alpha value is -1.68. The maximum absolute atomic E-state index is 12.6. The van der Waals surface area contributed by atoms with Gasteiger partial charge in [0.05, 0.1) is 0 Å². The number of ketones is 1. The molecule has 0 aromatic heterocycles. The fourth-order valence-corrected chi connectivity index (χ4v) is 2.75. The lowest BCUT2D eigenvalue weighted by molar-refractivity contribution is -0.139. The van der Waals surface area contributed by atoms with Gasteiger partial charge in [-0.2, -0.15) is 0 Å². The maximum Gasteiger partial charge on any atom is 0.244 e. The lowest BCUT2D eigenvalue weighted by atomic mass is 9.71. The smallest absolute Gasteiger partial charge is 0.244 e. The van der Waals surface area contributed by atoms with E-state index >= 15 is 0 Å². The molecule has 0 aromatic carbocycles. The van der Waals surface area contributed by atoms with Gasteiger partial charge in [-0.3, -0.25) is 9.59 Å². The number of nitrogens with zero attached hydrogens (tertiary/aromatic N) is 2. The molecule has 4 heteroatoms. The first-order valence-corrected chi connectivity index (χ1v) is 6.73. The molecule has 20 heavy (non-hydrogen) atoms. The molecule has 1 heterocycles. The molecular formula is C16H24N2O2. The SMILES string of the molecule is C=CN1CC(CCN(C)C)C(C=C)(C(=O)C(=C)C)C1=O. The van der Waals surface area contributed by atoms with Crippen LogP contribution in [0.25, 0.3) is 0 Å². The summed E-state index contributed by atoms with van der Waals surface area (Å²) in [6.07, 6.45) is 3.73. The Balaban J connectivity index is 3.20. The lowest BCUT2D eigenvalue weighted by Crippen LogP contribution is -2.42. The van der Waals surface area contributed by atoms with E-state index in [9.17, 15) is 9.59 Å². The van der Waals surface area contributed by atoms with Crippen LogP contribution in [0.4, 0.5) is 0 Å². The largest absolute Gasteiger partial charge is 0.318 e. The third kappa shape index (κ3) is 2.61. The lowest BCUT2D eigenvalue weighted by Gasteiger charge is -2.28. The van der Waals surface area contributed by atoms with Gasteiger partial charge in [0.25, 0.3) is 0 Å². The summed E-state index contributed by atoms with van der Waals surface area (Å²) in [7, 11) is 3.94. The molecule has 4 nitrogen and oxygen atoms in total. The normalized spacial score (nSPS) is 25.9. The Labute approximate surface area is 121 Å². The molecule has 1 rings (SSSR count). The van der Waals surface area contributed by atoms with Crippen molar-refractivity contribution in [2.45, 2.75) is 13.3 Å². The summed E-state index contributed by atoms with van der Waals surface area (Å²) in [5, 5.41) is 0. The molecule has 0 N–H and O–H groups in total. The average molecular weight is 276 g/mol. The van der Waals surface area contributed by atoms with Gasteiger partial charge in [-0.1, -0.05) is 19.2 Å². The Bertz CT molecular complexity index is 453. The van der Waals surface area contributed by atoms with E-state index in [1.807, 2.05) is 19.0 Å². The summed E-state index contributed by atoms with van der Waals surface area (Å²) in [4.78, 5) is 28.7. The van der Waals surface area contributed by atoms with Gasteiger partial charge in [-0.25, -0.2) is 0 Å². The zero-order chi connectivity index (χ0) is 15.5. The number of carbonyl (C=O) groups excluding carboxylic acids is 2. The summed E-state index contributed by atoms with van der Waals surface area (Å²) in [5.41, 5.74) is -0.797. The second kappa shape index (κ2) is 6.18. The summed E-state index contributed by atoms with van der Waals surface area (Å²) >= 11 is 0. The number of likely N-dealkylation sites (tertiary alicyclic amines) is 1. The molecule has 1 amide bonds. The molecule has 2 atom stereocenters. The van der Waals surface area contributed by atoms with Gasteiger partial charge < -0.3 is 9.80 Å². The maximum atomic E-state index is 12.6. The number of Topliss-reactive ketones (excluding diaryl/α,β-unsaturated/α-hetero) is 1. The van der Waals surface area contributed by atoms with Crippen LogP contribution >= 0.6 is 0 Å². The number of hydrogen-bond acceptors (Lipinski definition) is 3. The highest BCUT2D eigenvalue weighted by molar-refractivity contribution is 6.16. The van der Waals surface area contributed by atoms with Crippen LogP contribution in [-0.4, -0.2) is 48.7 Å². The van der Waals surface area contributed by atoms with Gasteiger partial charge in [0.1, 0.15) is 5.41 Å². The predicted octanol–water partition coefficient (Wildman–Crippen LogP) is 1.86. The Kier molecular flexibility index (Phi) is 5.06. The van der Waals surface area contributed by atoms with Crippen LogP contribution in [0.1, 0.15) is 13.3 Å². The van der Waals surface area contributed by atoms with Crippen molar-refractivity contribution >= 4 is 11.7 Å². The molecule has 2 unspecified atom stereocenters. The molecule has 0 radical (unpaired) electrons. The Morgan fingerprint density at radius 2 is 2.10 bits per heavy atom. The van der Waals surface area contributed by atoms with Crippen molar-refractivity contribution in [3.8, 4) is 0 Å². The molecule has 1 fully saturated rings. The van der Waals surface area contributed by atoms with Gasteiger partial charge in [0.2, 0.25) is 5.91 Å². The molecule has 0 spiro atoms. The highest BCUT2D eigenvalue weighted by Gasteiger charge is 2.56. The van der Waals surface area contributed by atoms with E-state index < -0.39 is 5.41 Å². The van der Waals surface area contributed by atoms with Crippen LogP contribution in [0.5, 0.6) is 0 Å². The van der Waals surface area contributed by atoms with E-state index in [1.54, 1.807) is 6.92 Å². The van der Waals surface area contributed by atoms with E-state index in [0.29, 0.717) is 12.1 Å². The first-order chi connectivity index (χ1) is 9.31. The van der Waals surface area contributed by atoms with Gasteiger partial charge in [0, 0.05) is 12.5 Å². The molecule has 0 aliphatic carbocycles. The topological polar surface area (TPSA) is 40.6 Å². The van der Waals surface area contributed by atoms with Gasteiger partial charge in [0.15, 0.2) is 5.78 Å². The molecule has 0 saturated carbocycles. The zero-order valence-electron chi connectivity index (χ0n) is 12.7. The molecule has 0 bridgehead atoms. The Morgan fingerprint density at radius 1 is 1.50 bits per heavy atom. The first kappa shape index (κ1) is 16.4. The van der Waals surface area contributed by atoms with Crippen LogP contribution in [0, 0.1) is 11.3 Å². The second-order valence-electron chi connectivity index (χ2n) is 5.61. The highest BCUT2D eigenvalue weighted by atomic mass is 16.2. The summed E-state index contributed by atoms with van der Waals surface area (Å²) in [5.74, 6) is -0.568. The number of rotatable bonds is 7. The van der Waals surface area contributed by atoms with Crippen molar-refractivity contribution in [3.05, 3.63) is 37.6 Å². The minimum absolute atomic E-state index is 0.0999. The Morgan fingerprint density at radius 3 is 2.50 bits per heavy atom. The third-order valence-corrected chi connectivity index (χ3v) is 3.91. The second-order valence-corrected chi connectivity index (χ2v) is 5.61. The highest BCUT2D eigenvalue weighted by Crippen LogP contribution is 2.43. The number of carbonyl (C=O) groups is 2. The van der Waals surface area contributed by atoms with Crippen molar-refractivity contribution in [1.82, 2.24) is 9.80 Å². The van der Waals surface area contributed by atoms with Crippen LogP contribution in [-0.2, 0) is 9.59 Å². The van der Waals surface area contributed by atoms with E-state index in [4.69, 9.17) is 0 Å². The minimum Gasteiger partial charge on any atom is -0.318 e. The van der Waals surface area contributed by atoms with Crippen molar-refractivity contribution in [1.29, 1.82) is 0 Å². The number of amides is 1. The van der Waals surface area contributed by atoms with Crippen molar-refractivity contribution < 1.29 is 9.59 Å². The fourth-order valence-electron chi connectivity index (χ4n) is 2.75. The van der Waals surface area contributed by atoms with E-state index in [1.165, 1.54) is 17.2 Å². The van der Waals surface area contributed by atoms with E-state index in [2.05, 4.69) is 19.7 Å². The summed E-state index contributed by atoms with van der Waals surface area (Å²) < 4.78 is 0. The molecule has 1 aliphatic rings. The minimum atomic E-state index is -1.18. The third-order valence-electron chi connectivity index (χ3n) is 3.91. The molecule has 0 aromatic rings. The molecule has 110 valence electrons. The molecule has 1 saturated heterocycles. The summed E-state index contributed by atoms with van der Waals surface area (Å²) in [6.45, 7) is 14.1. The van der Waals surface area contributed by atoms with Crippen molar-refractivity contribution in [2.24, 2.45) is 11.3 Å². The zero-order valence-corrected chi connectivity index (χ0v) is 12.7. The van der Waals surface area contributed by atoms with E-state index in [-0.39, 0.29) is 17.6 Å². The van der Waals surface area contributed by atoms with Crippen molar-refractivity contribution in [3.63, 3.8) is 0 Å². The first-order valence-electron chi connectivity index (χ1n) is 6.73. The number of hydrogen-bond donors (Lipinski definition) is 0. The van der Waals surface area contributed by atoms with Crippen molar-refractivity contribution in [2.75, 3.05) is 27.2 Å². The quantitative estimate of drug-likeness (QED) is 0.405. The fraction of sp³-hybridized carbons (Fsp3) is 0.500. The monoisotopic (exact) mass is 276 g/mol. The van der Waals surface area contributed by atoms with Crippen LogP contribution in [0.2, 0.25) is 0 Å². The van der Waals surface area contributed by atoms with Crippen LogP contribution in [0.15, 0.2) is 37.6 Å². The van der Waals surface area contributed by atoms with Gasteiger partial charge in [-0.15, -0.1) is 6.58 Å². The average Bonchev–Trinajstić information content (AvgIpc) is 2.68. The summed E-state index contributed by atoms with van der Waals surface area (Å²) in [6, 6.07) is 0. The standard InChI is InChI=1S/C16H24N2O2/c1-7-16(14(19)12(3)4)13(9-10-17(5)6)11-18(8-2)15(16)20/h7-8,13H,1-3,9-11H2,4-6H3. The molecule has 1 aliphatic heterocycles. The van der Waals surface area contributed by atoms with Crippen LogP contribution in [0.3, 0.4) is 0 Å². The number of allylic oxidation sites excluding steroid dienone is 1. The van der Waals surface area contributed by atoms with Crippen LogP contribution < -0.4 is 0 Å². The van der Waals surface area contributed by atoms with E-state index in [0.717, 1.165) is 13.0 Å². The predicted molar refractivity (Wildman–Crippen MR) is 81.0 cm³/mol. The van der Waals surface area contributed by atoms with Gasteiger partial charge >= 0.3 is 0 Å². The van der Waals surface area contributed by atoms with Gasteiger partial charge in [-0.05, 0) is 45.8 Å². The molecular weight excluding hydrogens is 252 g/mol.